The second-order valence-electron chi connectivity index (χ2n) is 6.93. The van der Waals surface area contributed by atoms with Gasteiger partial charge in [0.15, 0.2) is 5.69 Å². The van der Waals surface area contributed by atoms with Crippen LogP contribution in [0.5, 0.6) is 0 Å². The van der Waals surface area contributed by atoms with Crippen LogP contribution in [-0.4, -0.2) is 45.4 Å². The maximum absolute atomic E-state index is 14.1. The van der Waals surface area contributed by atoms with E-state index in [1.807, 2.05) is 0 Å². The fourth-order valence-electron chi connectivity index (χ4n) is 3.38. The van der Waals surface area contributed by atoms with Crippen molar-refractivity contribution < 1.29 is 18.0 Å². The van der Waals surface area contributed by atoms with Gasteiger partial charge in [-0.1, -0.05) is 10.4 Å². The first-order valence-electron chi connectivity index (χ1n) is 9.53. The van der Waals surface area contributed by atoms with Gasteiger partial charge in [0.2, 0.25) is 5.82 Å². The third-order valence-corrected chi connectivity index (χ3v) is 4.92. The molecule has 0 atom stereocenters. The molecule has 0 aliphatic heterocycles. The lowest BCUT2D eigenvalue weighted by atomic mass is 10.1. The van der Waals surface area contributed by atoms with Crippen LogP contribution in [0.3, 0.4) is 0 Å². The molecular formula is C20H11ClF3N9O. The molecule has 5 rings (SSSR count). The summed E-state index contributed by atoms with van der Waals surface area (Å²) in [4.78, 5) is 21.0. The molecule has 170 valence electrons. The van der Waals surface area contributed by atoms with Gasteiger partial charge in [0.1, 0.15) is 0 Å². The number of hydrogen-bond acceptors (Lipinski definition) is 7. The highest BCUT2D eigenvalue weighted by Crippen LogP contribution is 2.35. The third kappa shape index (κ3) is 3.92. The summed E-state index contributed by atoms with van der Waals surface area (Å²) in [5.41, 5.74) is -0.805. The van der Waals surface area contributed by atoms with Crippen molar-refractivity contribution in [3.05, 3.63) is 72.4 Å². The van der Waals surface area contributed by atoms with Crippen molar-refractivity contribution in [2.24, 2.45) is 0 Å². The number of nitrogens with one attached hydrogen (secondary N) is 1. The Labute approximate surface area is 193 Å². The van der Waals surface area contributed by atoms with Crippen LogP contribution in [0.25, 0.3) is 28.0 Å². The number of amides is 1. The van der Waals surface area contributed by atoms with Gasteiger partial charge < -0.3 is 5.32 Å². The van der Waals surface area contributed by atoms with Crippen molar-refractivity contribution >= 4 is 34.3 Å². The van der Waals surface area contributed by atoms with Crippen LogP contribution in [0, 0.1) is 0 Å². The molecule has 0 radical (unpaired) electrons. The van der Waals surface area contributed by atoms with Gasteiger partial charge in [0.05, 0.1) is 46.6 Å². The summed E-state index contributed by atoms with van der Waals surface area (Å²) < 4.78 is 43.7. The van der Waals surface area contributed by atoms with Crippen LogP contribution < -0.4 is 5.32 Å². The van der Waals surface area contributed by atoms with Gasteiger partial charge in [-0.05, 0) is 35.5 Å². The lowest BCUT2D eigenvalue weighted by molar-refractivity contribution is -0.143. The first kappa shape index (κ1) is 21.5. The minimum atomic E-state index is -4.88. The van der Waals surface area contributed by atoms with Crippen molar-refractivity contribution in [1.82, 2.24) is 39.5 Å². The number of anilines is 1. The molecule has 14 heteroatoms. The van der Waals surface area contributed by atoms with E-state index in [9.17, 15) is 18.0 Å². The molecule has 10 nitrogen and oxygen atoms in total. The molecule has 34 heavy (non-hydrogen) atoms. The van der Waals surface area contributed by atoms with Crippen molar-refractivity contribution in [2.45, 2.75) is 6.18 Å². The van der Waals surface area contributed by atoms with Crippen LogP contribution >= 0.6 is 11.8 Å². The van der Waals surface area contributed by atoms with Crippen molar-refractivity contribution in [3.63, 3.8) is 0 Å². The standard InChI is InChI=1S/C20H11ClF3N9O/c21-33-30-18(29-31-33)11-7-12(9-25-8-11)28-19(34)14-10-27-32(17(14)20(22,23)24)16-5-1-4-15-13(16)3-2-6-26-15/h1-10H,(H,28,34). The van der Waals surface area contributed by atoms with Gasteiger partial charge in [-0.25, -0.2) is 4.68 Å². The Hall–Kier alpha value is -4.39. The number of hydrogen-bond donors (Lipinski definition) is 1. The number of alkyl halides is 3. The van der Waals surface area contributed by atoms with Gasteiger partial charge >= 0.3 is 6.18 Å². The molecule has 5 aromatic rings. The van der Waals surface area contributed by atoms with Gasteiger partial charge in [0, 0.05) is 23.3 Å². The van der Waals surface area contributed by atoms with Crippen LogP contribution in [0.4, 0.5) is 18.9 Å². The molecular weight excluding hydrogens is 475 g/mol. The highest BCUT2D eigenvalue weighted by Gasteiger charge is 2.41. The number of benzene rings is 1. The van der Waals surface area contributed by atoms with E-state index >= 15 is 0 Å². The molecule has 1 aromatic carbocycles. The summed E-state index contributed by atoms with van der Waals surface area (Å²) in [5.74, 6) is -0.906. The van der Waals surface area contributed by atoms with Crippen molar-refractivity contribution in [3.8, 4) is 17.1 Å². The van der Waals surface area contributed by atoms with Crippen LogP contribution in [0.15, 0.2) is 61.2 Å². The first-order valence-corrected chi connectivity index (χ1v) is 9.87. The second kappa shape index (κ2) is 8.19. The van der Waals surface area contributed by atoms with Crippen LogP contribution in [-0.2, 0) is 6.18 Å². The van der Waals surface area contributed by atoms with E-state index in [0.29, 0.717) is 25.5 Å². The number of carbonyl (C=O) groups excluding carboxylic acids is 1. The summed E-state index contributed by atoms with van der Waals surface area (Å²) in [6, 6.07) is 9.36. The Morgan fingerprint density at radius 1 is 1.09 bits per heavy atom. The number of fused-ring (bicyclic) bond motifs is 1. The van der Waals surface area contributed by atoms with Gasteiger partial charge in [-0.2, -0.15) is 18.3 Å². The largest absolute Gasteiger partial charge is 0.434 e. The average molecular weight is 486 g/mol. The lowest BCUT2D eigenvalue weighted by Crippen LogP contribution is -2.21. The SMILES string of the molecule is O=C(Nc1cncc(-c2nnn(Cl)n2)c1)c1cnn(-c2cccc3ncccc23)c1C(F)(F)F. The Morgan fingerprint density at radius 2 is 1.94 bits per heavy atom. The van der Waals surface area contributed by atoms with Crippen LogP contribution in [0.1, 0.15) is 16.1 Å². The Morgan fingerprint density at radius 3 is 2.71 bits per heavy atom. The number of halogens is 4. The molecule has 0 bridgehead atoms. The van der Waals surface area contributed by atoms with E-state index in [1.54, 1.807) is 24.3 Å². The molecule has 0 unspecified atom stereocenters. The average Bonchev–Trinajstić information content (AvgIpc) is 3.46. The highest BCUT2D eigenvalue weighted by molar-refractivity contribution is 6.14. The molecule has 0 saturated heterocycles. The molecule has 0 aliphatic carbocycles. The molecule has 0 saturated carbocycles. The van der Waals surface area contributed by atoms with E-state index in [-0.39, 0.29) is 17.2 Å². The second-order valence-corrected chi connectivity index (χ2v) is 7.24. The zero-order valence-electron chi connectivity index (χ0n) is 16.8. The highest BCUT2D eigenvalue weighted by atomic mass is 35.5. The number of pyridine rings is 2. The quantitative estimate of drug-likeness (QED) is 0.412. The molecule has 0 aliphatic rings. The third-order valence-electron chi connectivity index (χ3n) is 4.78. The fraction of sp³-hybridized carbons (Fsp3) is 0.0500. The molecule has 1 amide bonds. The number of tetrazole rings is 1. The lowest BCUT2D eigenvalue weighted by Gasteiger charge is -2.14. The molecule has 1 N–H and O–H groups in total. The number of nitrogens with zero attached hydrogens (tertiary/aromatic N) is 8. The summed E-state index contributed by atoms with van der Waals surface area (Å²) in [6.45, 7) is 0. The van der Waals surface area contributed by atoms with Crippen LogP contribution in [0.2, 0.25) is 0 Å². The first-order chi connectivity index (χ1) is 16.3. The van der Waals surface area contributed by atoms with E-state index in [0.717, 1.165) is 6.20 Å². The Kier molecular flexibility index (Phi) is 5.17. The molecule has 4 aromatic heterocycles. The van der Waals surface area contributed by atoms with Gasteiger partial charge in [-0.15, -0.1) is 10.2 Å². The zero-order chi connectivity index (χ0) is 23.9. The topological polar surface area (TPSA) is 116 Å². The Balaban J connectivity index is 1.54. The maximum atomic E-state index is 14.1. The van der Waals surface area contributed by atoms with Crippen molar-refractivity contribution in [2.75, 3.05) is 5.32 Å². The minimum Gasteiger partial charge on any atom is -0.320 e. The predicted octanol–water partition coefficient (Wildman–Crippen LogP) is 3.74. The minimum absolute atomic E-state index is 0.114. The van der Waals surface area contributed by atoms with E-state index in [1.165, 1.54) is 30.7 Å². The van der Waals surface area contributed by atoms with E-state index in [4.69, 9.17) is 11.8 Å². The summed E-state index contributed by atoms with van der Waals surface area (Å²) in [5, 5.41) is 17.8. The van der Waals surface area contributed by atoms with Gasteiger partial charge in [-0.3, -0.25) is 14.8 Å². The number of rotatable bonds is 4. The van der Waals surface area contributed by atoms with Crippen molar-refractivity contribution in [1.29, 1.82) is 0 Å². The molecule has 4 heterocycles. The fourth-order valence-corrected chi connectivity index (χ4v) is 3.49. The predicted molar refractivity (Wildman–Crippen MR) is 114 cm³/mol. The maximum Gasteiger partial charge on any atom is 0.434 e. The summed E-state index contributed by atoms with van der Waals surface area (Å²) >= 11 is 5.59. The smallest absolute Gasteiger partial charge is 0.320 e. The number of carbonyl (C=O) groups is 1. The van der Waals surface area contributed by atoms with E-state index < -0.39 is 23.3 Å². The van der Waals surface area contributed by atoms with Gasteiger partial charge in [0.25, 0.3) is 5.91 Å². The monoisotopic (exact) mass is 485 g/mol. The zero-order valence-corrected chi connectivity index (χ0v) is 17.5. The number of aromatic nitrogens is 8. The van der Waals surface area contributed by atoms with E-state index in [2.05, 4.69) is 35.8 Å². The normalized spacial score (nSPS) is 11.6. The Bertz CT molecular complexity index is 1520. The molecule has 0 spiro atoms. The summed E-state index contributed by atoms with van der Waals surface area (Å²) in [7, 11) is 0. The summed E-state index contributed by atoms with van der Waals surface area (Å²) in [6.07, 6.45) is 0.170. The molecule has 0 fully saturated rings.